The van der Waals surface area contributed by atoms with Crippen LogP contribution in [0.1, 0.15) is 20.3 Å². The molecule has 2 fully saturated rings. The van der Waals surface area contributed by atoms with Crippen molar-refractivity contribution in [1.82, 2.24) is 20.4 Å². The van der Waals surface area contributed by atoms with E-state index in [4.69, 9.17) is 4.74 Å². The van der Waals surface area contributed by atoms with Crippen LogP contribution < -0.4 is 10.6 Å². The first-order valence-corrected chi connectivity index (χ1v) is 10.1. The van der Waals surface area contributed by atoms with E-state index in [1.54, 1.807) is 11.8 Å². The van der Waals surface area contributed by atoms with Gasteiger partial charge in [-0.3, -0.25) is 14.9 Å². The fourth-order valence-electron chi connectivity index (χ4n) is 4.07. The SMILES string of the molecule is C=C/C(=C\C(F)=C/CF)N1CCN(C(=O)C(C)CC2(COC)NC(=O)NC2=O)C[C@@H]1C. The number of carbonyl (C=O) groups excluding carboxylic acids is 3. The second-order valence-electron chi connectivity index (χ2n) is 7.87. The van der Waals surface area contributed by atoms with E-state index in [0.29, 0.717) is 25.3 Å². The molecule has 2 saturated heterocycles. The zero-order valence-electron chi connectivity index (χ0n) is 18.1. The number of ether oxygens (including phenoxy) is 1. The van der Waals surface area contributed by atoms with E-state index in [1.165, 1.54) is 19.3 Å². The van der Waals surface area contributed by atoms with Crippen molar-refractivity contribution in [3.05, 3.63) is 36.3 Å². The molecule has 0 bridgehead atoms. The molecule has 8 nitrogen and oxygen atoms in total. The number of alkyl halides is 1. The lowest BCUT2D eigenvalue weighted by molar-refractivity contribution is -0.139. The summed E-state index contributed by atoms with van der Waals surface area (Å²) < 4.78 is 31.1. The van der Waals surface area contributed by atoms with Crippen LogP contribution in [0.15, 0.2) is 36.3 Å². The molecule has 2 aliphatic rings. The summed E-state index contributed by atoms with van der Waals surface area (Å²) in [7, 11) is 1.42. The predicted molar refractivity (Wildman–Crippen MR) is 111 cm³/mol. The second-order valence-corrected chi connectivity index (χ2v) is 7.87. The Bertz CT molecular complexity index is 785. The summed E-state index contributed by atoms with van der Waals surface area (Å²) in [4.78, 5) is 40.6. The van der Waals surface area contributed by atoms with Gasteiger partial charge in [-0.25, -0.2) is 13.6 Å². The molecule has 10 heteroatoms. The van der Waals surface area contributed by atoms with Gasteiger partial charge in [0.25, 0.3) is 5.91 Å². The highest BCUT2D eigenvalue weighted by Gasteiger charge is 2.48. The molecule has 2 heterocycles. The largest absolute Gasteiger partial charge is 0.382 e. The summed E-state index contributed by atoms with van der Waals surface area (Å²) in [6.07, 6.45) is 3.66. The molecule has 0 aliphatic carbocycles. The zero-order chi connectivity index (χ0) is 23.2. The minimum Gasteiger partial charge on any atom is -0.382 e. The highest BCUT2D eigenvalue weighted by Crippen LogP contribution is 2.25. The Morgan fingerprint density at radius 2 is 2.13 bits per heavy atom. The number of amides is 4. The maximum atomic E-state index is 13.7. The molecule has 0 saturated carbocycles. The lowest BCUT2D eigenvalue weighted by atomic mass is 9.87. The number of allylic oxidation sites excluding steroid dienone is 4. The third kappa shape index (κ3) is 5.69. The van der Waals surface area contributed by atoms with Crippen LogP contribution in [0.25, 0.3) is 0 Å². The first-order valence-electron chi connectivity index (χ1n) is 10.1. The van der Waals surface area contributed by atoms with Gasteiger partial charge < -0.3 is 19.9 Å². The number of carbonyl (C=O) groups is 3. The van der Waals surface area contributed by atoms with Gasteiger partial charge in [-0.05, 0) is 31.6 Å². The van der Waals surface area contributed by atoms with Gasteiger partial charge in [-0.1, -0.05) is 13.5 Å². The monoisotopic (exact) mass is 440 g/mol. The van der Waals surface area contributed by atoms with Crippen molar-refractivity contribution in [1.29, 1.82) is 0 Å². The highest BCUT2D eigenvalue weighted by molar-refractivity contribution is 6.07. The predicted octanol–water partition coefficient (Wildman–Crippen LogP) is 1.66. The molecule has 4 amide bonds. The number of imide groups is 1. The quantitative estimate of drug-likeness (QED) is 0.420. The molecule has 0 spiro atoms. The van der Waals surface area contributed by atoms with E-state index in [1.807, 2.05) is 11.8 Å². The van der Waals surface area contributed by atoms with Crippen LogP contribution in [-0.4, -0.2) is 79.3 Å². The Labute approximate surface area is 181 Å². The van der Waals surface area contributed by atoms with Crippen molar-refractivity contribution in [2.45, 2.75) is 31.8 Å². The average molecular weight is 440 g/mol. The van der Waals surface area contributed by atoms with Crippen LogP contribution in [0.4, 0.5) is 13.6 Å². The van der Waals surface area contributed by atoms with Gasteiger partial charge in [-0.15, -0.1) is 0 Å². The molecule has 0 aromatic heterocycles. The van der Waals surface area contributed by atoms with E-state index >= 15 is 0 Å². The molecule has 2 aliphatic heterocycles. The van der Waals surface area contributed by atoms with Gasteiger partial charge in [0.1, 0.15) is 18.0 Å². The van der Waals surface area contributed by atoms with E-state index < -0.39 is 35.9 Å². The molecule has 3 atom stereocenters. The molecule has 172 valence electrons. The van der Waals surface area contributed by atoms with Crippen molar-refractivity contribution in [3.8, 4) is 0 Å². The maximum Gasteiger partial charge on any atom is 0.322 e. The van der Waals surface area contributed by atoms with Gasteiger partial charge in [0.05, 0.1) is 6.61 Å². The number of urea groups is 1. The number of hydrogen-bond donors (Lipinski definition) is 2. The first kappa shape index (κ1) is 24.5. The first-order chi connectivity index (χ1) is 14.7. The van der Waals surface area contributed by atoms with Crippen molar-refractivity contribution < 1.29 is 27.9 Å². The summed E-state index contributed by atoms with van der Waals surface area (Å²) >= 11 is 0. The Morgan fingerprint density at radius 3 is 2.65 bits per heavy atom. The van der Waals surface area contributed by atoms with Crippen molar-refractivity contribution in [2.24, 2.45) is 5.92 Å². The standard InChI is InChI=1S/C21H30F2N4O4/c1-5-17(10-16(23)6-7-22)27-9-8-26(12-15(27)3)18(28)14(2)11-21(13-31-4)19(29)24-20(30)25-21/h5-6,10,14-15H,1,7-9,11-13H2,2-4H3,(H2,24,25,29,30)/b16-6+,17-10+/t14?,15-,21?/m0/s1. The lowest BCUT2D eigenvalue weighted by Crippen LogP contribution is -2.56. The summed E-state index contributed by atoms with van der Waals surface area (Å²) in [5.74, 6) is -1.89. The van der Waals surface area contributed by atoms with Crippen molar-refractivity contribution in [3.63, 3.8) is 0 Å². The number of nitrogens with one attached hydrogen (secondary N) is 2. The third-order valence-electron chi connectivity index (χ3n) is 5.52. The molecule has 0 radical (unpaired) electrons. The number of piperazine rings is 1. The van der Waals surface area contributed by atoms with Crippen molar-refractivity contribution in [2.75, 3.05) is 40.0 Å². The molecule has 2 N–H and O–H groups in total. The fraction of sp³-hybridized carbons (Fsp3) is 0.571. The number of methoxy groups -OCH3 is 1. The summed E-state index contributed by atoms with van der Waals surface area (Å²) in [5.41, 5.74) is -0.771. The lowest BCUT2D eigenvalue weighted by Gasteiger charge is -2.43. The average Bonchev–Trinajstić information content (AvgIpc) is 2.98. The summed E-state index contributed by atoms with van der Waals surface area (Å²) in [6.45, 7) is 7.59. The van der Waals surface area contributed by atoms with Crippen molar-refractivity contribution >= 4 is 17.8 Å². The van der Waals surface area contributed by atoms with Crippen LogP contribution in [0.5, 0.6) is 0 Å². The fourth-order valence-corrected chi connectivity index (χ4v) is 4.07. The molecule has 2 unspecified atom stereocenters. The Morgan fingerprint density at radius 1 is 1.42 bits per heavy atom. The molecular formula is C21H30F2N4O4. The van der Waals surface area contributed by atoms with Crippen LogP contribution in [0, 0.1) is 5.92 Å². The van der Waals surface area contributed by atoms with Gasteiger partial charge in [0, 0.05) is 44.4 Å². The highest BCUT2D eigenvalue weighted by atomic mass is 19.1. The Kier molecular flexibility index (Phi) is 8.32. The number of hydrogen-bond acceptors (Lipinski definition) is 5. The van der Waals surface area contributed by atoms with E-state index in [-0.39, 0.29) is 25.0 Å². The molecule has 0 aromatic rings. The smallest absolute Gasteiger partial charge is 0.322 e. The minimum absolute atomic E-state index is 0.0438. The van der Waals surface area contributed by atoms with Crippen LogP contribution in [0.2, 0.25) is 0 Å². The number of nitrogens with zero attached hydrogens (tertiary/aromatic N) is 2. The Hall–Kier alpha value is -2.75. The van der Waals surface area contributed by atoms with E-state index in [2.05, 4.69) is 17.2 Å². The molecule has 0 aromatic carbocycles. The Balaban J connectivity index is 2.06. The molecular weight excluding hydrogens is 410 g/mol. The number of rotatable bonds is 9. The summed E-state index contributed by atoms with van der Waals surface area (Å²) in [5, 5.41) is 4.78. The third-order valence-corrected chi connectivity index (χ3v) is 5.52. The van der Waals surface area contributed by atoms with Gasteiger partial charge in [0.15, 0.2) is 0 Å². The minimum atomic E-state index is -1.28. The van der Waals surface area contributed by atoms with Gasteiger partial charge in [0.2, 0.25) is 5.91 Å². The van der Waals surface area contributed by atoms with Crippen LogP contribution in [0.3, 0.4) is 0 Å². The van der Waals surface area contributed by atoms with Crippen LogP contribution in [-0.2, 0) is 14.3 Å². The molecule has 31 heavy (non-hydrogen) atoms. The van der Waals surface area contributed by atoms with Gasteiger partial charge in [-0.2, -0.15) is 0 Å². The summed E-state index contributed by atoms with van der Waals surface area (Å²) in [6, 6.07) is -0.739. The molecule has 2 rings (SSSR count). The maximum absolute atomic E-state index is 13.7. The topological polar surface area (TPSA) is 91.0 Å². The second kappa shape index (κ2) is 10.5. The van der Waals surface area contributed by atoms with E-state index in [9.17, 15) is 23.2 Å². The van der Waals surface area contributed by atoms with Crippen LogP contribution >= 0.6 is 0 Å². The zero-order valence-corrected chi connectivity index (χ0v) is 18.1. The van der Waals surface area contributed by atoms with Gasteiger partial charge >= 0.3 is 6.03 Å². The number of halogens is 2. The van der Waals surface area contributed by atoms with E-state index in [0.717, 1.165) is 6.08 Å². The normalized spacial score (nSPS) is 25.9.